The molecule has 2 amide bonds. The molecule has 0 saturated heterocycles. The zero-order chi connectivity index (χ0) is 20.6. The fourth-order valence-electron chi connectivity index (χ4n) is 2.90. The summed E-state index contributed by atoms with van der Waals surface area (Å²) in [6.45, 7) is 0.416. The molecule has 0 radical (unpaired) electrons. The Morgan fingerprint density at radius 1 is 0.833 bits per heavy atom. The largest absolute Gasteiger partial charge is 0.472 e. The summed E-state index contributed by atoms with van der Waals surface area (Å²) in [5, 5.41) is 5.61. The van der Waals surface area contributed by atoms with Gasteiger partial charge in [0, 0.05) is 28.4 Å². The number of anilines is 2. The lowest BCUT2D eigenvalue weighted by Gasteiger charge is -2.11. The van der Waals surface area contributed by atoms with Gasteiger partial charge >= 0.3 is 6.03 Å². The van der Waals surface area contributed by atoms with Crippen LogP contribution in [0.1, 0.15) is 5.56 Å². The molecule has 3 aromatic carbocycles. The molecule has 150 valence electrons. The highest BCUT2D eigenvalue weighted by atomic mass is 32.2. The van der Waals surface area contributed by atoms with E-state index in [0.717, 1.165) is 21.8 Å². The summed E-state index contributed by atoms with van der Waals surface area (Å²) in [6, 6.07) is 27.8. The van der Waals surface area contributed by atoms with Crippen LogP contribution in [0.5, 0.6) is 0 Å². The number of rotatable bonds is 7. The summed E-state index contributed by atoms with van der Waals surface area (Å²) in [4.78, 5) is 13.1. The van der Waals surface area contributed by atoms with Gasteiger partial charge in [-0.15, -0.1) is 0 Å². The highest BCUT2D eigenvalue weighted by Crippen LogP contribution is 2.32. The van der Waals surface area contributed by atoms with Gasteiger partial charge in [-0.05, 0) is 59.5 Å². The Hall–Kier alpha value is -3.64. The van der Waals surface area contributed by atoms with E-state index in [-0.39, 0.29) is 6.03 Å². The Bertz CT molecular complexity index is 1080. The molecule has 5 nitrogen and oxygen atoms in total. The fourth-order valence-corrected chi connectivity index (χ4v) is 3.70. The van der Waals surface area contributed by atoms with Crippen molar-refractivity contribution >= 4 is 29.4 Å². The summed E-state index contributed by atoms with van der Waals surface area (Å²) < 4.78 is 8.36. The van der Waals surface area contributed by atoms with Crippen LogP contribution in [0.15, 0.2) is 107 Å². The van der Waals surface area contributed by atoms with Crippen molar-refractivity contribution in [2.45, 2.75) is 11.4 Å². The van der Waals surface area contributed by atoms with E-state index < -0.39 is 0 Å². The maximum Gasteiger partial charge on any atom is 0.319 e. The summed E-state index contributed by atoms with van der Waals surface area (Å²) in [5.41, 5.74) is 4.95. The summed E-state index contributed by atoms with van der Waals surface area (Å²) in [6.07, 6.45) is 3.19. The zero-order valence-electron chi connectivity index (χ0n) is 16.2. The lowest BCUT2D eigenvalue weighted by atomic mass is 10.1. The minimum atomic E-state index is -0.261. The van der Waals surface area contributed by atoms with Crippen molar-refractivity contribution < 1.29 is 9.21 Å². The molecule has 1 heterocycles. The van der Waals surface area contributed by atoms with Crippen LogP contribution in [-0.4, -0.2) is 6.03 Å². The fraction of sp³-hybridized carbons (Fsp3) is 0.0417. The number of hydrogen-bond acceptors (Lipinski definition) is 4. The summed E-state index contributed by atoms with van der Waals surface area (Å²) in [5.74, 6) is 0. The first-order valence-electron chi connectivity index (χ1n) is 9.51. The number of amides is 2. The molecule has 0 aliphatic rings. The van der Waals surface area contributed by atoms with Gasteiger partial charge in [-0.2, -0.15) is 0 Å². The van der Waals surface area contributed by atoms with Crippen molar-refractivity contribution in [3.05, 3.63) is 103 Å². The predicted molar refractivity (Wildman–Crippen MR) is 122 cm³/mol. The second kappa shape index (κ2) is 9.71. The molecule has 3 N–H and O–H groups in total. The van der Waals surface area contributed by atoms with E-state index in [0.29, 0.717) is 6.54 Å². The molecule has 30 heavy (non-hydrogen) atoms. The van der Waals surface area contributed by atoms with Crippen LogP contribution in [0.25, 0.3) is 11.1 Å². The molecule has 0 saturated carbocycles. The van der Waals surface area contributed by atoms with Crippen LogP contribution < -0.4 is 15.4 Å². The van der Waals surface area contributed by atoms with E-state index >= 15 is 0 Å². The Labute approximate surface area is 179 Å². The molecular weight excluding hydrogens is 394 g/mol. The Morgan fingerprint density at radius 3 is 2.33 bits per heavy atom. The third kappa shape index (κ3) is 5.24. The molecule has 0 bridgehead atoms. The number of benzene rings is 3. The van der Waals surface area contributed by atoms with Crippen molar-refractivity contribution in [1.82, 2.24) is 5.32 Å². The van der Waals surface area contributed by atoms with Crippen molar-refractivity contribution in [3.63, 3.8) is 0 Å². The lowest BCUT2D eigenvalue weighted by molar-refractivity contribution is 0.251. The van der Waals surface area contributed by atoms with Crippen molar-refractivity contribution in [2.75, 3.05) is 10.0 Å². The molecule has 0 atom stereocenters. The number of urea groups is 1. The van der Waals surface area contributed by atoms with Gasteiger partial charge in [0.25, 0.3) is 0 Å². The minimum absolute atomic E-state index is 0.261. The molecule has 0 aliphatic carbocycles. The second-order valence-corrected chi connectivity index (χ2v) is 7.43. The predicted octanol–water partition coefficient (Wildman–Crippen LogP) is 6.39. The Kier molecular flexibility index (Phi) is 6.37. The van der Waals surface area contributed by atoms with Gasteiger partial charge in [0.05, 0.1) is 12.5 Å². The maximum absolute atomic E-state index is 12.0. The maximum atomic E-state index is 12.0. The average Bonchev–Trinajstić information content (AvgIpc) is 3.32. The van der Waals surface area contributed by atoms with E-state index in [4.69, 9.17) is 4.42 Å². The molecule has 0 spiro atoms. The quantitative estimate of drug-likeness (QED) is 0.306. The smallest absolute Gasteiger partial charge is 0.319 e. The van der Waals surface area contributed by atoms with Gasteiger partial charge < -0.3 is 19.8 Å². The summed E-state index contributed by atoms with van der Waals surface area (Å²) >= 11 is 1.56. The van der Waals surface area contributed by atoms with Gasteiger partial charge in [0.2, 0.25) is 0 Å². The molecule has 1 aromatic heterocycles. The standard InChI is InChI=1S/C24H21N3O2S/c28-24(25-16-18-14-15-29-17-18)26-20-10-12-21(13-11-20)27-30-23-9-5-4-8-22(23)19-6-2-1-3-7-19/h1-15,17,27H,16H2,(H2,25,26,28). The number of nitrogens with one attached hydrogen (secondary N) is 3. The molecule has 6 heteroatoms. The van der Waals surface area contributed by atoms with E-state index in [1.54, 1.807) is 24.5 Å². The first-order chi connectivity index (χ1) is 14.8. The first kappa shape index (κ1) is 19.7. The van der Waals surface area contributed by atoms with Crippen molar-refractivity contribution in [3.8, 4) is 11.1 Å². The number of furan rings is 1. The Morgan fingerprint density at radius 2 is 1.57 bits per heavy atom. The number of carbonyl (C=O) groups excluding carboxylic acids is 1. The molecular formula is C24H21N3O2S. The highest BCUT2D eigenvalue weighted by Gasteiger charge is 2.06. The van der Waals surface area contributed by atoms with Gasteiger partial charge in [0.1, 0.15) is 0 Å². The second-order valence-electron chi connectivity index (χ2n) is 6.58. The summed E-state index contributed by atoms with van der Waals surface area (Å²) in [7, 11) is 0. The average molecular weight is 416 g/mol. The first-order valence-corrected chi connectivity index (χ1v) is 10.3. The Balaban J connectivity index is 1.33. The third-order valence-corrected chi connectivity index (χ3v) is 5.34. The van der Waals surface area contributed by atoms with E-state index in [9.17, 15) is 4.79 Å². The topological polar surface area (TPSA) is 66.3 Å². The third-order valence-electron chi connectivity index (χ3n) is 4.43. The van der Waals surface area contributed by atoms with Crippen LogP contribution >= 0.6 is 11.9 Å². The molecule has 0 aliphatic heterocycles. The minimum Gasteiger partial charge on any atom is -0.472 e. The van der Waals surface area contributed by atoms with Crippen LogP contribution in [0.2, 0.25) is 0 Å². The van der Waals surface area contributed by atoms with Gasteiger partial charge in [0.15, 0.2) is 0 Å². The van der Waals surface area contributed by atoms with Crippen LogP contribution in [0, 0.1) is 0 Å². The lowest BCUT2D eigenvalue weighted by Crippen LogP contribution is -2.27. The van der Waals surface area contributed by atoms with Gasteiger partial charge in [-0.25, -0.2) is 4.79 Å². The van der Waals surface area contributed by atoms with E-state index in [1.165, 1.54) is 11.1 Å². The monoisotopic (exact) mass is 415 g/mol. The molecule has 0 unspecified atom stereocenters. The highest BCUT2D eigenvalue weighted by molar-refractivity contribution is 8.00. The van der Waals surface area contributed by atoms with Crippen LogP contribution in [0.3, 0.4) is 0 Å². The van der Waals surface area contributed by atoms with E-state index in [1.807, 2.05) is 60.7 Å². The molecule has 0 fully saturated rings. The van der Waals surface area contributed by atoms with E-state index in [2.05, 4.69) is 39.6 Å². The number of carbonyl (C=O) groups is 1. The van der Waals surface area contributed by atoms with Crippen molar-refractivity contribution in [1.29, 1.82) is 0 Å². The molecule has 4 aromatic rings. The SMILES string of the molecule is O=C(NCc1ccoc1)Nc1ccc(NSc2ccccc2-c2ccccc2)cc1. The molecule has 4 rings (SSSR count). The number of hydrogen-bond donors (Lipinski definition) is 3. The van der Waals surface area contributed by atoms with Crippen molar-refractivity contribution in [2.24, 2.45) is 0 Å². The van der Waals surface area contributed by atoms with Gasteiger partial charge in [-0.1, -0.05) is 48.5 Å². The van der Waals surface area contributed by atoms with Crippen LogP contribution in [0.4, 0.5) is 16.2 Å². The van der Waals surface area contributed by atoms with Crippen LogP contribution in [-0.2, 0) is 6.54 Å². The zero-order valence-corrected chi connectivity index (χ0v) is 17.0. The van der Waals surface area contributed by atoms with Gasteiger partial charge in [-0.3, -0.25) is 0 Å². The normalized spacial score (nSPS) is 10.4.